The number of rotatable bonds is 7. The number of nitrogens with one attached hydrogen (secondary N) is 1. The minimum atomic E-state index is -0.882. The summed E-state index contributed by atoms with van der Waals surface area (Å²) in [5, 5.41) is 12.2. The first-order valence-electron chi connectivity index (χ1n) is 9.44. The number of hydrogen-bond acceptors (Lipinski definition) is 3. The fraction of sp³-hybridized carbons (Fsp3) is 0.364. The molecule has 5 nitrogen and oxygen atoms in total. The molecule has 1 aliphatic carbocycles. The van der Waals surface area contributed by atoms with Crippen LogP contribution >= 0.6 is 0 Å². The lowest BCUT2D eigenvalue weighted by Gasteiger charge is -2.27. The Balaban J connectivity index is 1.56. The monoisotopic (exact) mass is 367 g/mol. The van der Waals surface area contributed by atoms with Crippen LogP contribution in [0.1, 0.15) is 31.2 Å². The van der Waals surface area contributed by atoms with Crippen molar-refractivity contribution >= 4 is 17.6 Å². The van der Waals surface area contributed by atoms with Crippen molar-refractivity contribution < 1.29 is 19.4 Å². The molecular formula is C22H25NO4. The van der Waals surface area contributed by atoms with Crippen LogP contribution in [0.4, 0.5) is 5.69 Å². The van der Waals surface area contributed by atoms with Crippen LogP contribution < -0.4 is 10.1 Å². The molecule has 2 aromatic rings. The van der Waals surface area contributed by atoms with Gasteiger partial charge in [-0.3, -0.25) is 9.59 Å². The van der Waals surface area contributed by atoms with Gasteiger partial charge in [-0.05, 0) is 30.5 Å². The van der Waals surface area contributed by atoms with Crippen molar-refractivity contribution in [2.45, 2.75) is 32.1 Å². The Hall–Kier alpha value is -2.82. The normalized spacial score (nSPS) is 19.3. The topological polar surface area (TPSA) is 75.6 Å². The molecule has 142 valence electrons. The van der Waals surface area contributed by atoms with Crippen LogP contribution in [0.3, 0.4) is 0 Å². The van der Waals surface area contributed by atoms with Crippen LogP contribution in [0.2, 0.25) is 0 Å². The second-order valence-corrected chi connectivity index (χ2v) is 6.94. The average Bonchev–Trinajstić information content (AvgIpc) is 2.69. The van der Waals surface area contributed by atoms with E-state index in [-0.39, 0.29) is 5.91 Å². The molecule has 0 radical (unpaired) electrons. The highest BCUT2D eigenvalue weighted by atomic mass is 16.5. The fourth-order valence-corrected chi connectivity index (χ4v) is 3.57. The first-order valence-corrected chi connectivity index (χ1v) is 9.44. The Morgan fingerprint density at radius 1 is 1.00 bits per heavy atom. The highest BCUT2D eigenvalue weighted by Crippen LogP contribution is 2.31. The SMILES string of the molecule is O=C(O)C1CCCCC1C(=O)Nc1cccc(OCCc2ccccc2)c1. The van der Waals surface area contributed by atoms with Crippen molar-refractivity contribution in [1.29, 1.82) is 0 Å². The average molecular weight is 367 g/mol. The number of carbonyl (C=O) groups excluding carboxylic acids is 1. The number of benzene rings is 2. The summed E-state index contributed by atoms with van der Waals surface area (Å²) in [7, 11) is 0. The first-order chi connectivity index (χ1) is 13.1. The molecule has 0 aliphatic heterocycles. The van der Waals surface area contributed by atoms with E-state index in [1.165, 1.54) is 5.56 Å². The second-order valence-electron chi connectivity index (χ2n) is 6.94. The molecule has 1 amide bonds. The van der Waals surface area contributed by atoms with E-state index >= 15 is 0 Å². The zero-order chi connectivity index (χ0) is 19.1. The van der Waals surface area contributed by atoms with E-state index in [0.29, 0.717) is 30.9 Å². The summed E-state index contributed by atoms with van der Waals surface area (Å²) >= 11 is 0. The zero-order valence-electron chi connectivity index (χ0n) is 15.3. The Bertz CT molecular complexity index is 775. The van der Waals surface area contributed by atoms with Crippen LogP contribution in [-0.4, -0.2) is 23.6 Å². The minimum absolute atomic E-state index is 0.219. The van der Waals surface area contributed by atoms with Crippen molar-refractivity contribution in [2.24, 2.45) is 11.8 Å². The Kier molecular flexibility index (Phi) is 6.47. The summed E-state index contributed by atoms with van der Waals surface area (Å²) in [6.45, 7) is 0.547. The largest absolute Gasteiger partial charge is 0.493 e. The molecule has 0 heterocycles. The smallest absolute Gasteiger partial charge is 0.307 e. The lowest BCUT2D eigenvalue weighted by Crippen LogP contribution is -2.36. The second kappa shape index (κ2) is 9.21. The Labute approximate surface area is 159 Å². The molecule has 1 saturated carbocycles. The van der Waals surface area contributed by atoms with Gasteiger partial charge in [0.15, 0.2) is 0 Å². The summed E-state index contributed by atoms with van der Waals surface area (Å²) < 4.78 is 5.79. The molecule has 3 rings (SSSR count). The molecule has 5 heteroatoms. The third-order valence-corrected chi connectivity index (χ3v) is 5.02. The predicted octanol–water partition coefficient (Wildman–Crippen LogP) is 4.14. The van der Waals surface area contributed by atoms with Gasteiger partial charge in [-0.15, -0.1) is 0 Å². The first kappa shape index (κ1) is 19.0. The van der Waals surface area contributed by atoms with E-state index < -0.39 is 17.8 Å². The number of anilines is 1. The van der Waals surface area contributed by atoms with Gasteiger partial charge in [0.25, 0.3) is 0 Å². The van der Waals surface area contributed by atoms with Crippen molar-refractivity contribution in [2.75, 3.05) is 11.9 Å². The number of carboxylic acid groups (broad SMARTS) is 1. The van der Waals surface area contributed by atoms with Crippen LogP contribution in [0.5, 0.6) is 5.75 Å². The fourth-order valence-electron chi connectivity index (χ4n) is 3.57. The number of aliphatic carboxylic acids is 1. The van der Waals surface area contributed by atoms with Crippen molar-refractivity contribution in [3.8, 4) is 5.75 Å². The highest BCUT2D eigenvalue weighted by Gasteiger charge is 2.35. The van der Waals surface area contributed by atoms with Crippen LogP contribution in [0.25, 0.3) is 0 Å². The molecule has 2 aromatic carbocycles. The summed E-state index contributed by atoms with van der Waals surface area (Å²) in [5.74, 6) is -1.48. The standard InChI is InChI=1S/C22H25NO4/c24-21(19-11-4-5-12-20(19)22(25)26)23-17-9-6-10-18(15-17)27-14-13-16-7-2-1-3-8-16/h1-3,6-10,15,19-20H,4-5,11-14H2,(H,23,24)(H,25,26). The van der Waals surface area contributed by atoms with Crippen LogP contribution in [0.15, 0.2) is 54.6 Å². The summed E-state index contributed by atoms with van der Waals surface area (Å²) in [5.41, 5.74) is 1.84. The highest BCUT2D eigenvalue weighted by molar-refractivity contribution is 5.95. The quantitative estimate of drug-likeness (QED) is 0.771. The molecule has 0 saturated heterocycles. The van der Waals surface area contributed by atoms with Gasteiger partial charge in [0, 0.05) is 18.2 Å². The van der Waals surface area contributed by atoms with Crippen LogP contribution in [0, 0.1) is 11.8 Å². The maximum Gasteiger partial charge on any atom is 0.307 e. The third-order valence-electron chi connectivity index (χ3n) is 5.02. The van der Waals surface area contributed by atoms with E-state index in [1.807, 2.05) is 30.3 Å². The summed E-state index contributed by atoms with van der Waals surface area (Å²) in [4.78, 5) is 24.0. The third kappa shape index (κ3) is 5.33. The van der Waals surface area contributed by atoms with Gasteiger partial charge < -0.3 is 15.2 Å². The molecule has 2 unspecified atom stereocenters. The molecule has 0 aromatic heterocycles. The number of carbonyl (C=O) groups is 2. The van der Waals surface area contributed by atoms with Crippen molar-refractivity contribution in [3.63, 3.8) is 0 Å². The van der Waals surface area contributed by atoms with Gasteiger partial charge in [-0.2, -0.15) is 0 Å². The minimum Gasteiger partial charge on any atom is -0.493 e. The van der Waals surface area contributed by atoms with Crippen molar-refractivity contribution in [3.05, 3.63) is 60.2 Å². The van der Waals surface area contributed by atoms with E-state index in [0.717, 1.165) is 19.3 Å². The molecule has 0 bridgehead atoms. The predicted molar refractivity (Wildman–Crippen MR) is 104 cm³/mol. The number of hydrogen-bond donors (Lipinski definition) is 2. The van der Waals surface area contributed by atoms with E-state index in [2.05, 4.69) is 17.4 Å². The lowest BCUT2D eigenvalue weighted by atomic mass is 9.78. The van der Waals surface area contributed by atoms with Gasteiger partial charge in [-0.1, -0.05) is 49.2 Å². The van der Waals surface area contributed by atoms with Gasteiger partial charge in [0.2, 0.25) is 5.91 Å². The maximum absolute atomic E-state index is 12.6. The molecule has 2 atom stereocenters. The molecule has 1 aliphatic rings. The zero-order valence-corrected chi connectivity index (χ0v) is 15.3. The van der Waals surface area contributed by atoms with Gasteiger partial charge in [0.05, 0.1) is 18.4 Å². The maximum atomic E-state index is 12.6. The molecule has 27 heavy (non-hydrogen) atoms. The number of carboxylic acids is 1. The Morgan fingerprint density at radius 3 is 2.48 bits per heavy atom. The lowest BCUT2D eigenvalue weighted by molar-refractivity contribution is -0.147. The van der Waals surface area contributed by atoms with E-state index in [1.54, 1.807) is 12.1 Å². The molecule has 2 N–H and O–H groups in total. The summed E-state index contributed by atoms with van der Waals surface area (Å²) in [6, 6.07) is 17.3. The van der Waals surface area contributed by atoms with E-state index in [4.69, 9.17) is 4.74 Å². The molecule has 1 fully saturated rings. The number of ether oxygens (including phenoxy) is 1. The van der Waals surface area contributed by atoms with Gasteiger partial charge in [-0.25, -0.2) is 0 Å². The summed E-state index contributed by atoms with van der Waals surface area (Å²) in [6.07, 6.45) is 3.75. The van der Waals surface area contributed by atoms with Crippen molar-refractivity contribution in [1.82, 2.24) is 0 Å². The number of amides is 1. The van der Waals surface area contributed by atoms with Gasteiger partial charge >= 0.3 is 5.97 Å². The van der Waals surface area contributed by atoms with E-state index in [9.17, 15) is 14.7 Å². The molecular weight excluding hydrogens is 342 g/mol. The van der Waals surface area contributed by atoms with Gasteiger partial charge in [0.1, 0.15) is 5.75 Å². The van der Waals surface area contributed by atoms with Crippen LogP contribution in [-0.2, 0) is 16.0 Å². The molecule has 0 spiro atoms. The Morgan fingerprint density at radius 2 is 1.74 bits per heavy atom.